The molecule has 103 heavy (non-hydrogen) atoms. The number of aromatic amines is 1. The van der Waals surface area contributed by atoms with Gasteiger partial charge in [0.15, 0.2) is 5.96 Å². The summed E-state index contributed by atoms with van der Waals surface area (Å²) >= 11 is 0. The molecule has 566 valence electrons. The zero-order valence-corrected chi connectivity index (χ0v) is 58.5. The Morgan fingerprint density at radius 1 is 0.515 bits per heavy atom. The molecule has 0 radical (unpaired) electrons. The maximum atomic E-state index is 14.5. The van der Waals surface area contributed by atoms with Crippen LogP contribution in [0.2, 0.25) is 0 Å². The van der Waals surface area contributed by atoms with Gasteiger partial charge in [0.2, 0.25) is 76.8 Å². The lowest BCUT2D eigenvalue weighted by molar-refractivity contribution is -0.139. The van der Waals surface area contributed by atoms with Crippen LogP contribution >= 0.6 is 0 Å². The number of carbonyl (C=O) groups excluding carboxylic acids is 13. The number of primary amides is 2. The number of nitrogens with two attached hydrogens (primary N) is 5. The van der Waals surface area contributed by atoms with Gasteiger partial charge in [-0.05, 0) is 67.9 Å². The number of rotatable bonds is 46. The second kappa shape index (κ2) is 43.5. The Kier molecular flexibility index (Phi) is 36.4. The van der Waals surface area contributed by atoms with Gasteiger partial charge in [0, 0.05) is 44.1 Å². The van der Waals surface area contributed by atoms with Gasteiger partial charge in [-0.15, -0.1) is 0 Å². The number of benzene rings is 2. The maximum Gasteiger partial charge on any atom is 0.303 e. The van der Waals surface area contributed by atoms with Gasteiger partial charge < -0.3 is 107 Å². The molecule has 0 aliphatic rings. The molecule has 2 aromatic carbocycles. The number of nitrogens with zero attached hydrogens (tertiary/aromatic N) is 2. The summed E-state index contributed by atoms with van der Waals surface area (Å²) in [5.41, 5.74) is 29.3. The molecule has 37 nitrogen and oxygen atoms in total. The smallest absolute Gasteiger partial charge is 0.303 e. The van der Waals surface area contributed by atoms with E-state index in [1.807, 2.05) is 0 Å². The number of aliphatic carboxylic acids is 2. The topological polar surface area (TPSA) is 620 Å². The molecule has 0 unspecified atom stereocenters. The standard InChI is InChI=1S/C66H99N19O18/c1-8-35(6)51(68)63(101)83-47(31-86)62(100)78-42(22-24-50(90)91)58(96)84-52(34(4)5)64(102)82-46(29-48(67)87)60(98)80-44(26-33(2)3)61(99)85-53(38-18-13-10-14-19-38)65(103)75-36(7)55(93)76-41(21-23-49(88)89)57(95)81-45(27-37-16-11-9-12-17-37)59(97)77-40(20-15-25-73-66(70)71)56(94)79-43(54(69)92)28-39-30-72-32-74-39/h9-14,16-19,30,32-36,40-47,51-53,86H,8,15,20-29,31,68H2,1-7H3,(H2,67,87)(H2,69,92)(H,72,74)(H,75,103)(H,76,93)(H,77,97)(H,78,100)(H,79,94)(H,80,98)(H,81,95)(H,82,102)(H,83,101)(H,84,96)(H,85,99)(H,88,89)(H,90,91)(H4,70,71,73)/t35-,36-,40-,41-,42-,43-,44-,45-,46-,47-,51-,52-,53-/m0/s1. The van der Waals surface area contributed by atoms with Gasteiger partial charge in [-0.1, -0.05) is 109 Å². The van der Waals surface area contributed by atoms with Crippen molar-refractivity contribution >= 4 is 94.7 Å². The minimum absolute atomic E-state index is 0.0103. The number of nitrogens with one attached hydrogen (secondary N) is 12. The van der Waals surface area contributed by atoms with E-state index in [0.717, 1.165) is 0 Å². The van der Waals surface area contributed by atoms with E-state index in [-0.39, 0.29) is 62.0 Å². The molecule has 0 saturated carbocycles. The normalized spacial score (nSPS) is 14.9. The molecule has 0 saturated heterocycles. The molecule has 13 amide bonds. The number of amides is 13. The van der Waals surface area contributed by atoms with Crippen LogP contribution in [0.15, 0.2) is 78.2 Å². The van der Waals surface area contributed by atoms with Crippen molar-refractivity contribution in [2.75, 3.05) is 13.2 Å². The van der Waals surface area contributed by atoms with Crippen LogP contribution in [0.5, 0.6) is 0 Å². The number of aliphatic imine (C=N–C) groups is 1. The molecule has 0 bridgehead atoms. The number of H-pyrrole nitrogens is 1. The highest BCUT2D eigenvalue weighted by Gasteiger charge is 2.38. The van der Waals surface area contributed by atoms with Gasteiger partial charge in [-0.3, -0.25) is 76.9 Å². The van der Waals surface area contributed by atoms with E-state index in [1.165, 1.54) is 57.6 Å². The Labute approximate surface area is 594 Å². The first-order valence-corrected chi connectivity index (χ1v) is 33.4. The minimum atomic E-state index is -1.85. The summed E-state index contributed by atoms with van der Waals surface area (Å²) in [7, 11) is 0. The summed E-state index contributed by atoms with van der Waals surface area (Å²) in [5.74, 6) is -17.8. The van der Waals surface area contributed by atoms with Crippen molar-refractivity contribution in [1.82, 2.24) is 68.5 Å². The summed E-state index contributed by atoms with van der Waals surface area (Å²) in [6.07, 6.45) is -0.610. The number of hydrogen-bond donors (Lipinski definition) is 20. The van der Waals surface area contributed by atoms with Crippen molar-refractivity contribution in [3.63, 3.8) is 0 Å². The number of hydrogen-bond acceptors (Lipinski definition) is 19. The minimum Gasteiger partial charge on any atom is -0.481 e. The third-order valence-corrected chi connectivity index (χ3v) is 16.1. The van der Waals surface area contributed by atoms with Crippen LogP contribution in [-0.4, -0.2) is 200 Å². The molecule has 0 aliphatic heterocycles. The summed E-state index contributed by atoms with van der Waals surface area (Å²) in [6, 6.07) is -2.80. The maximum absolute atomic E-state index is 14.5. The molecule has 3 aromatic rings. The molecular weight excluding hydrogens is 1350 g/mol. The largest absolute Gasteiger partial charge is 0.481 e. The van der Waals surface area contributed by atoms with E-state index in [0.29, 0.717) is 17.7 Å². The zero-order chi connectivity index (χ0) is 77.2. The van der Waals surface area contributed by atoms with E-state index in [4.69, 9.17) is 28.7 Å². The van der Waals surface area contributed by atoms with Gasteiger partial charge in [0.25, 0.3) is 0 Å². The summed E-state index contributed by atoms with van der Waals surface area (Å²) in [5, 5.41) is 56.3. The molecule has 13 atom stereocenters. The lowest BCUT2D eigenvalue weighted by Gasteiger charge is -2.29. The SMILES string of the molecule is CC[C@H](C)[C@H](N)C(=O)N[C@@H](CO)C(=O)N[C@@H](CCC(=O)O)C(=O)N[C@H](C(=O)N[C@@H](CC(N)=O)C(=O)N[C@@H](CC(C)C)C(=O)N[C@H](C(=O)N[C@@H](C)C(=O)N[C@@H](CCC(=O)O)C(=O)N[C@@H](Cc1ccccc1)C(=O)N[C@@H](CCCN=C(N)N)C(=O)N[C@@H](Cc1cnc[nH]1)C(N)=O)c1ccccc1)C(C)C. The highest BCUT2D eigenvalue weighted by molar-refractivity contribution is 6.00. The number of aromatic nitrogens is 2. The Morgan fingerprint density at radius 3 is 1.50 bits per heavy atom. The molecule has 0 spiro atoms. The predicted molar refractivity (Wildman–Crippen MR) is 370 cm³/mol. The fraction of sp³-hybridized carbons (Fsp3) is 0.530. The summed E-state index contributed by atoms with van der Waals surface area (Å²) < 4.78 is 0. The average Bonchev–Trinajstić information content (AvgIpc) is 1.18. The van der Waals surface area contributed by atoms with Gasteiger partial charge in [-0.2, -0.15) is 0 Å². The van der Waals surface area contributed by atoms with E-state index >= 15 is 0 Å². The lowest BCUT2D eigenvalue weighted by atomic mass is 9.99. The van der Waals surface area contributed by atoms with Crippen LogP contribution in [0.25, 0.3) is 0 Å². The lowest BCUT2D eigenvalue weighted by Crippen LogP contribution is -2.61. The molecule has 3 rings (SSSR count). The van der Waals surface area contributed by atoms with Crippen LogP contribution in [0.1, 0.15) is 129 Å². The van der Waals surface area contributed by atoms with Crippen molar-refractivity contribution in [3.8, 4) is 0 Å². The summed E-state index contributed by atoms with van der Waals surface area (Å²) in [4.78, 5) is 214. The highest BCUT2D eigenvalue weighted by atomic mass is 16.4. The van der Waals surface area contributed by atoms with Crippen molar-refractivity contribution in [3.05, 3.63) is 90.0 Å². The van der Waals surface area contributed by atoms with E-state index in [1.54, 1.807) is 64.1 Å². The number of aliphatic hydroxyl groups excluding tert-OH is 1. The Morgan fingerprint density at radius 2 is 0.990 bits per heavy atom. The zero-order valence-electron chi connectivity index (χ0n) is 58.5. The molecule has 0 aliphatic carbocycles. The van der Waals surface area contributed by atoms with E-state index in [2.05, 4.69) is 73.4 Å². The monoisotopic (exact) mass is 1450 g/mol. The average molecular weight is 1450 g/mol. The number of carbonyl (C=O) groups is 15. The highest BCUT2D eigenvalue weighted by Crippen LogP contribution is 2.17. The van der Waals surface area contributed by atoms with Crippen molar-refractivity contribution < 1.29 is 87.2 Å². The number of guanidine groups is 1. The Balaban J connectivity index is 1.91. The molecule has 37 heteroatoms. The van der Waals surface area contributed by atoms with Crippen LogP contribution in [0, 0.1) is 17.8 Å². The first-order valence-electron chi connectivity index (χ1n) is 33.4. The number of aliphatic hydroxyl groups is 1. The van der Waals surface area contributed by atoms with Gasteiger partial charge >= 0.3 is 11.9 Å². The molecule has 25 N–H and O–H groups in total. The number of imidazole rings is 1. The molecule has 1 aromatic heterocycles. The van der Waals surface area contributed by atoms with Crippen molar-refractivity contribution in [1.29, 1.82) is 0 Å². The molecule has 1 heterocycles. The van der Waals surface area contributed by atoms with Crippen molar-refractivity contribution in [2.24, 2.45) is 51.4 Å². The van der Waals surface area contributed by atoms with Gasteiger partial charge in [-0.25, -0.2) is 4.98 Å². The summed E-state index contributed by atoms with van der Waals surface area (Å²) in [6.45, 7) is 10.0. The van der Waals surface area contributed by atoms with Crippen LogP contribution in [0.4, 0.5) is 0 Å². The molecule has 0 fully saturated rings. The van der Waals surface area contributed by atoms with E-state index in [9.17, 15) is 87.2 Å². The second-order valence-corrected chi connectivity index (χ2v) is 25.4. The van der Waals surface area contributed by atoms with Crippen molar-refractivity contribution in [2.45, 2.75) is 192 Å². The van der Waals surface area contributed by atoms with Gasteiger partial charge in [0.05, 0.1) is 25.4 Å². The number of carboxylic acid groups (broad SMARTS) is 2. The van der Waals surface area contributed by atoms with Crippen LogP contribution < -0.4 is 87.2 Å². The third kappa shape index (κ3) is 30.7. The number of carboxylic acids is 2. The molecular formula is C66H99N19O18. The quantitative estimate of drug-likeness (QED) is 0.0143. The van der Waals surface area contributed by atoms with E-state index < -0.39 is 206 Å². The fourth-order valence-electron chi connectivity index (χ4n) is 10.1. The Bertz CT molecular complexity index is 3410. The van der Waals surface area contributed by atoms with Crippen LogP contribution in [0.3, 0.4) is 0 Å². The van der Waals surface area contributed by atoms with Gasteiger partial charge in [0.1, 0.15) is 66.5 Å². The third-order valence-electron chi connectivity index (χ3n) is 16.1. The second-order valence-electron chi connectivity index (χ2n) is 25.4. The first-order chi connectivity index (χ1) is 48.5. The fourth-order valence-corrected chi connectivity index (χ4v) is 10.1. The predicted octanol–water partition coefficient (Wildman–Crippen LogP) is -4.87. The first kappa shape index (κ1) is 86.1. The van der Waals surface area contributed by atoms with Crippen LogP contribution in [-0.2, 0) is 84.8 Å². The Hall–Kier alpha value is -11.1.